The topological polar surface area (TPSA) is 78.3 Å². The van der Waals surface area contributed by atoms with Crippen LogP contribution in [0, 0.1) is 0 Å². The van der Waals surface area contributed by atoms with Gasteiger partial charge in [-0.3, -0.25) is 4.79 Å². The number of carbonyl (C=O) groups is 1. The van der Waals surface area contributed by atoms with E-state index in [1.807, 2.05) is 24.3 Å². The number of amides is 1. The standard InChI is InChI=1S/C15H16N2O2/c16-14-4-2-1-3-11(14)9-10-19-13-7-5-12(6-8-13)15(17)18/h1-8H,9-10,16H2,(H2,17,18). The van der Waals surface area contributed by atoms with Gasteiger partial charge in [-0.15, -0.1) is 0 Å². The van der Waals surface area contributed by atoms with Crippen molar-refractivity contribution in [1.82, 2.24) is 0 Å². The molecule has 2 aromatic rings. The molecule has 19 heavy (non-hydrogen) atoms. The number of hydrogen-bond acceptors (Lipinski definition) is 3. The van der Waals surface area contributed by atoms with Crippen molar-refractivity contribution in [3.8, 4) is 5.75 Å². The van der Waals surface area contributed by atoms with Crippen molar-refractivity contribution in [1.29, 1.82) is 0 Å². The second-order valence-electron chi connectivity index (χ2n) is 4.19. The number of ether oxygens (including phenoxy) is 1. The Morgan fingerprint density at radius 1 is 1.05 bits per heavy atom. The maximum Gasteiger partial charge on any atom is 0.248 e. The quantitative estimate of drug-likeness (QED) is 0.803. The molecule has 98 valence electrons. The predicted molar refractivity (Wildman–Crippen MR) is 75.0 cm³/mol. The molecule has 0 atom stereocenters. The monoisotopic (exact) mass is 256 g/mol. The van der Waals surface area contributed by atoms with Crippen LogP contribution in [0.3, 0.4) is 0 Å². The fraction of sp³-hybridized carbons (Fsp3) is 0.133. The van der Waals surface area contributed by atoms with E-state index in [0.29, 0.717) is 17.9 Å². The first-order valence-electron chi connectivity index (χ1n) is 6.03. The van der Waals surface area contributed by atoms with Gasteiger partial charge in [-0.1, -0.05) is 18.2 Å². The lowest BCUT2D eigenvalue weighted by Gasteiger charge is -2.08. The third kappa shape index (κ3) is 3.48. The van der Waals surface area contributed by atoms with E-state index in [1.165, 1.54) is 0 Å². The first-order chi connectivity index (χ1) is 9.16. The van der Waals surface area contributed by atoms with Crippen molar-refractivity contribution in [3.63, 3.8) is 0 Å². The van der Waals surface area contributed by atoms with Gasteiger partial charge in [0.25, 0.3) is 0 Å². The van der Waals surface area contributed by atoms with Crippen LogP contribution in [-0.4, -0.2) is 12.5 Å². The number of primary amides is 1. The van der Waals surface area contributed by atoms with Crippen LogP contribution >= 0.6 is 0 Å². The van der Waals surface area contributed by atoms with E-state index in [4.69, 9.17) is 16.2 Å². The zero-order valence-corrected chi connectivity index (χ0v) is 10.5. The largest absolute Gasteiger partial charge is 0.493 e. The molecule has 0 heterocycles. The molecule has 0 bridgehead atoms. The van der Waals surface area contributed by atoms with Crippen LogP contribution in [0.5, 0.6) is 5.75 Å². The number of nitrogens with two attached hydrogens (primary N) is 2. The van der Waals surface area contributed by atoms with Crippen molar-refractivity contribution in [2.24, 2.45) is 5.73 Å². The van der Waals surface area contributed by atoms with Crippen molar-refractivity contribution in [3.05, 3.63) is 59.7 Å². The summed E-state index contributed by atoms with van der Waals surface area (Å²) in [5, 5.41) is 0. The molecule has 0 saturated carbocycles. The van der Waals surface area contributed by atoms with E-state index in [2.05, 4.69) is 0 Å². The van der Waals surface area contributed by atoms with Gasteiger partial charge in [-0.25, -0.2) is 0 Å². The Balaban J connectivity index is 1.89. The third-order valence-corrected chi connectivity index (χ3v) is 2.83. The molecule has 4 N–H and O–H groups in total. The molecule has 0 aliphatic rings. The molecular weight excluding hydrogens is 240 g/mol. The minimum atomic E-state index is -0.441. The first-order valence-corrected chi connectivity index (χ1v) is 6.03. The molecular formula is C15H16N2O2. The Kier molecular flexibility index (Phi) is 4.03. The second kappa shape index (κ2) is 5.91. The van der Waals surface area contributed by atoms with Crippen LogP contribution in [-0.2, 0) is 6.42 Å². The summed E-state index contributed by atoms with van der Waals surface area (Å²) in [5.41, 5.74) is 13.3. The molecule has 0 aliphatic carbocycles. The van der Waals surface area contributed by atoms with Gasteiger partial charge in [0.2, 0.25) is 5.91 Å². The van der Waals surface area contributed by atoms with E-state index in [0.717, 1.165) is 17.7 Å². The van der Waals surface area contributed by atoms with Crippen LogP contribution in [0.25, 0.3) is 0 Å². The summed E-state index contributed by atoms with van der Waals surface area (Å²) in [6.45, 7) is 0.532. The second-order valence-corrected chi connectivity index (χ2v) is 4.19. The van der Waals surface area contributed by atoms with Gasteiger partial charge in [-0.2, -0.15) is 0 Å². The van der Waals surface area contributed by atoms with Gasteiger partial charge in [0, 0.05) is 17.7 Å². The Labute approximate surface area is 112 Å². The summed E-state index contributed by atoms with van der Waals surface area (Å²) in [7, 11) is 0. The molecule has 0 aromatic heterocycles. The molecule has 0 radical (unpaired) electrons. The lowest BCUT2D eigenvalue weighted by Crippen LogP contribution is -2.10. The number of carbonyl (C=O) groups excluding carboxylic acids is 1. The molecule has 0 saturated heterocycles. The Morgan fingerprint density at radius 3 is 2.37 bits per heavy atom. The molecule has 0 spiro atoms. The van der Waals surface area contributed by atoms with E-state index < -0.39 is 5.91 Å². The van der Waals surface area contributed by atoms with Gasteiger partial charge in [0.15, 0.2) is 0 Å². The average Bonchev–Trinajstić information content (AvgIpc) is 2.41. The summed E-state index contributed by atoms with van der Waals surface area (Å²) in [6.07, 6.45) is 0.740. The normalized spacial score (nSPS) is 10.1. The number of para-hydroxylation sites is 1. The summed E-state index contributed by atoms with van der Waals surface area (Å²) in [6, 6.07) is 14.5. The maximum atomic E-state index is 10.9. The van der Waals surface area contributed by atoms with E-state index >= 15 is 0 Å². The lowest BCUT2D eigenvalue weighted by atomic mass is 10.1. The SMILES string of the molecule is NC(=O)c1ccc(OCCc2ccccc2N)cc1. The summed E-state index contributed by atoms with van der Waals surface area (Å²) in [5.74, 6) is 0.267. The van der Waals surface area contributed by atoms with E-state index in [9.17, 15) is 4.79 Å². The smallest absolute Gasteiger partial charge is 0.248 e. The molecule has 0 fully saturated rings. The van der Waals surface area contributed by atoms with Gasteiger partial charge >= 0.3 is 0 Å². The molecule has 1 amide bonds. The number of hydrogen-bond donors (Lipinski definition) is 2. The van der Waals surface area contributed by atoms with Crippen LogP contribution in [0.15, 0.2) is 48.5 Å². The van der Waals surface area contributed by atoms with Crippen LogP contribution in [0.1, 0.15) is 15.9 Å². The predicted octanol–water partition coefficient (Wildman–Crippen LogP) is 1.99. The van der Waals surface area contributed by atoms with Gasteiger partial charge in [-0.05, 0) is 35.9 Å². The molecule has 0 aliphatic heterocycles. The highest BCUT2D eigenvalue weighted by Crippen LogP contribution is 2.14. The third-order valence-electron chi connectivity index (χ3n) is 2.83. The Bertz CT molecular complexity index is 565. The highest BCUT2D eigenvalue weighted by molar-refractivity contribution is 5.92. The fourth-order valence-corrected chi connectivity index (χ4v) is 1.76. The van der Waals surface area contributed by atoms with Crippen LogP contribution in [0.4, 0.5) is 5.69 Å². The number of rotatable bonds is 5. The van der Waals surface area contributed by atoms with Crippen molar-refractivity contribution in [2.45, 2.75) is 6.42 Å². The maximum absolute atomic E-state index is 10.9. The highest BCUT2D eigenvalue weighted by Gasteiger charge is 2.01. The Morgan fingerprint density at radius 2 is 1.74 bits per heavy atom. The molecule has 4 nitrogen and oxygen atoms in total. The summed E-state index contributed by atoms with van der Waals surface area (Å²) >= 11 is 0. The molecule has 2 aromatic carbocycles. The first kappa shape index (κ1) is 13.0. The van der Waals surface area contributed by atoms with Gasteiger partial charge < -0.3 is 16.2 Å². The van der Waals surface area contributed by atoms with Gasteiger partial charge in [0.05, 0.1) is 6.61 Å². The average molecular weight is 256 g/mol. The highest BCUT2D eigenvalue weighted by atomic mass is 16.5. The van der Waals surface area contributed by atoms with E-state index in [1.54, 1.807) is 24.3 Å². The van der Waals surface area contributed by atoms with Crippen LogP contribution in [0.2, 0.25) is 0 Å². The number of anilines is 1. The van der Waals surface area contributed by atoms with Crippen molar-refractivity contribution >= 4 is 11.6 Å². The summed E-state index contributed by atoms with van der Waals surface area (Å²) in [4.78, 5) is 10.9. The zero-order valence-electron chi connectivity index (χ0n) is 10.5. The minimum Gasteiger partial charge on any atom is -0.493 e. The van der Waals surface area contributed by atoms with Crippen molar-refractivity contribution < 1.29 is 9.53 Å². The number of nitrogen functional groups attached to an aromatic ring is 1. The summed E-state index contributed by atoms with van der Waals surface area (Å²) < 4.78 is 5.59. The molecule has 2 rings (SSSR count). The molecule has 0 unspecified atom stereocenters. The van der Waals surface area contributed by atoms with Gasteiger partial charge in [0.1, 0.15) is 5.75 Å². The lowest BCUT2D eigenvalue weighted by molar-refractivity contribution is 0.100. The van der Waals surface area contributed by atoms with Crippen molar-refractivity contribution in [2.75, 3.05) is 12.3 Å². The molecule has 4 heteroatoms. The fourth-order valence-electron chi connectivity index (χ4n) is 1.76. The number of benzene rings is 2. The van der Waals surface area contributed by atoms with E-state index in [-0.39, 0.29) is 0 Å². The zero-order chi connectivity index (χ0) is 13.7. The minimum absolute atomic E-state index is 0.441. The van der Waals surface area contributed by atoms with Crippen LogP contribution < -0.4 is 16.2 Å². The Hall–Kier alpha value is -2.49.